The van der Waals surface area contributed by atoms with Crippen molar-refractivity contribution in [2.75, 3.05) is 0 Å². The molecule has 118 valence electrons. The third kappa shape index (κ3) is 4.62. The van der Waals surface area contributed by atoms with Crippen molar-refractivity contribution in [1.29, 1.82) is 5.26 Å². The molecule has 23 heavy (non-hydrogen) atoms. The minimum absolute atomic E-state index is 0.271. The fraction of sp³-hybridized carbons (Fsp3) is 0.278. The lowest BCUT2D eigenvalue weighted by atomic mass is 9.90. The predicted octanol–water partition coefficient (Wildman–Crippen LogP) is 2.97. The lowest BCUT2D eigenvalue weighted by Gasteiger charge is -2.23. The van der Waals surface area contributed by atoms with Gasteiger partial charge >= 0.3 is 0 Å². The molecule has 0 aliphatic rings. The number of nitriles is 1. The Morgan fingerprint density at radius 3 is 2.61 bits per heavy atom. The van der Waals surface area contributed by atoms with Gasteiger partial charge in [-0.15, -0.1) is 0 Å². The van der Waals surface area contributed by atoms with Gasteiger partial charge in [-0.3, -0.25) is 9.78 Å². The van der Waals surface area contributed by atoms with Gasteiger partial charge in [0.2, 0.25) is 5.91 Å². The van der Waals surface area contributed by atoms with E-state index in [1.165, 1.54) is 12.1 Å². The van der Waals surface area contributed by atoms with Crippen molar-refractivity contribution in [2.45, 2.75) is 31.7 Å². The van der Waals surface area contributed by atoms with Gasteiger partial charge in [-0.05, 0) is 49.6 Å². The maximum Gasteiger partial charge on any atom is 0.229 e. The predicted molar refractivity (Wildman–Crippen MR) is 84.9 cm³/mol. The molecule has 0 saturated carbocycles. The van der Waals surface area contributed by atoms with Crippen LogP contribution in [0, 0.1) is 17.1 Å². The number of rotatable bonds is 5. The Hall–Kier alpha value is -2.74. The molecular weight excluding hydrogens is 293 g/mol. The maximum atomic E-state index is 13.2. The molecule has 1 heterocycles. The van der Waals surface area contributed by atoms with Crippen molar-refractivity contribution in [3.63, 3.8) is 0 Å². The molecule has 1 aromatic carbocycles. The van der Waals surface area contributed by atoms with E-state index in [2.05, 4.69) is 10.3 Å². The van der Waals surface area contributed by atoms with E-state index < -0.39 is 11.5 Å². The normalized spacial score (nSPS) is 12.3. The Balaban J connectivity index is 2.29. The van der Waals surface area contributed by atoms with Crippen LogP contribution in [0.1, 0.15) is 30.9 Å². The first-order valence-electron chi connectivity index (χ1n) is 7.29. The van der Waals surface area contributed by atoms with Crippen LogP contribution in [0.5, 0.6) is 0 Å². The Labute approximate surface area is 135 Å². The van der Waals surface area contributed by atoms with Gasteiger partial charge in [0.1, 0.15) is 11.4 Å². The number of nitrogens with zero attached hydrogens (tertiary/aromatic N) is 2. The van der Waals surface area contributed by atoms with Gasteiger partial charge < -0.3 is 5.32 Å². The van der Waals surface area contributed by atoms with Crippen molar-refractivity contribution in [2.24, 2.45) is 0 Å². The monoisotopic (exact) mass is 311 g/mol. The van der Waals surface area contributed by atoms with Crippen LogP contribution in [0.25, 0.3) is 0 Å². The molecule has 4 nitrogen and oxygen atoms in total. The molecule has 1 aromatic heterocycles. The Kier molecular flexibility index (Phi) is 5.07. The van der Waals surface area contributed by atoms with E-state index in [1.807, 2.05) is 12.1 Å². The minimum Gasteiger partial charge on any atom is -0.338 e. The van der Waals surface area contributed by atoms with Crippen LogP contribution >= 0.6 is 0 Å². The third-order valence-electron chi connectivity index (χ3n) is 3.47. The average molecular weight is 311 g/mol. The molecule has 5 heteroatoms. The zero-order valence-corrected chi connectivity index (χ0v) is 13.1. The summed E-state index contributed by atoms with van der Waals surface area (Å²) in [4.78, 5) is 16.7. The zero-order chi connectivity index (χ0) is 16.9. The number of aromatic nitrogens is 1. The Bertz CT molecular complexity index is 705. The van der Waals surface area contributed by atoms with E-state index in [1.54, 1.807) is 44.4 Å². The lowest BCUT2D eigenvalue weighted by molar-refractivity contribution is -0.123. The first kappa shape index (κ1) is 16.6. The van der Waals surface area contributed by atoms with Gasteiger partial charge in [0.15, 0.2) is 0 Å². The topological polar surface area (TPSA) is 65.8 Å². The van der Waals surface area contributed by atoms with Gasteiger partial charge in [0.05, 0.1) is 12.0 Å². The first-order valence-corrected chi connectivity index (χ1v) is 7.29. The molecule has 2 aromatic rings. The largest absolute Gasteiger partial charge is 0.338 e. The second-order valence-electron chi connectivity index (χ2n) is 5.90. The summed E-state index contributed by atoms with van der Waals surface area (Å²) in [5.74, 6) is -1.15. The Morgan fingerprint density at radius 2 is 2.04 bits per heavy atom. The molecule has 1 unspecified atom stereocenters. The molecule has 1 N–H and O–H groups in total. The van der Waals surface area contributed by atoms with E-state index in [9.17, 15) is 9.18 Å². The third-order valence-corrected chi connectivity index (χ3v) is 3.47. The number of halogens is 1. The number of benzene rings is 1. The van der Waals surface area contributed by atoms with Crippen LogP contribution in [0.15, 0.2) is 48.8 Å². The van der Waals surface area contributed by atoms with Gasteiger partial charge in [0, 0.05) is 12.4 Å². The average Bonchev–Trinajstić information content (AvgIpc) is 2.54. The van der Waals surface area contributed by atoms with Crippen molar-refractivity contribution in [1.82, 2.24) is 10.3 Å². The Morgan fingerprint density at radius 1 is 1.35 bits per heavy atom. The number of carbonyl (C=O) groups excluding carboxylic acids is 1. The number of amides is 1. The molecule has 2 rings (SSSR count). The highest BCUT2D eigenvalue weighted by atomic mass is 19.1. The number of carbonyl (C=O) groups is 1. The summed E-state index contributed by atoms with van der Waals surface area (Å²) in [6.45, 7) is 3.27. The summed E-state index contributed by atoms with van der Waals surface area (Å²) in [6.07, 6.45) is 3.78. The van der Waals surface area contributed by atoms with Crippen LogP contribution in [-0.4, -0.2) is 16.4 Å². The summed E-state index contributed by atoms with van der Waals surface area (Å²) in [7, 11) is 0. The summed E-state index contributed by atoms with van der Waals surface area (Å²) < 4.78 is 13.2. The van der Waals surface area contributed by atoms with Crippen molar-refractivity contribution >= 4 is 5.91 Å². The number of hydrogen-bond acceptors (Lipinski definition) is 3. The van der Waals surface area contributed by atoms with Crippen molar-refractivity contribution in [3.8, 4) is 6.07 Å². The van der Waals surface area contributed by atoms with Crippen LogP contribution in [-0.2, 0) is 11.2 Å². The lowest BCUT2D eigenvalue weighted by Crippen LogP contribution is -2.44. The van der Waals surface area contributed by atoms with Gasteiger partial charge in [-0.2, -0.15) is 5.26 Å². The fourth-order valence-corrected chi connectivity index (χ4v) is 2.23. The van der Waals surface area contributed by atoms with Crippen LogP contribution in [0.4, 0.5) is 4.39 Å². The van der Waals surface area contributed by atoms with Crippen LogP contribution in [0.3, 0.4) is 0 Å². The summed E-state index contributed by atoms with van der Waals surface area (Å²) >= 11 is 0. The summed E-state index contributed by atoms with van der Waals surface area (Å²) in [5, 5.41) is 11.8. The molecule has 0 radical (unpaired) electrons. The number of nitrogens with one attached hydrogen (secondary N) is 1. The SMILES string of the molecule is CC(C)(C#N)NC(=O)C(Cc1cccnc1)c1ccc(F)cc1. The number of hydrogen-bond donors (Lipinski definition) is 1. The standard InChI is InChI=1S/C18H18FN3O/c1-18(2,12-20)22-17(23)16(10-13-4-3-9-21-11-13)14-5-7-15(19)8-6-14/h3-9,11,16H,10H2,1-2H3,(H,22,23). The molecule has 1 amide bonds. The highest BCUT2D eigenvalue weighted by molar-refractivity contribution is 5.85. The molecule has 0 fully saturated rings. The van der Waals surface area contributed by atoms with E-state index in [4.69, 9.17) is 5.26 Å². The quantitative estimate of drug-likeness (QED) is 0.923. The van der Waals surface area contributed by atoms with Gasteiger partial charge in [0.25, 0.3) is 0 Å². The van der Waals surface area contributed by atoms with E-state index in [0.29, 0.717) is 12.0 Å². The number of pyridine rings is 1. The highest BCUT2D eigenvalue weighted by Gasteiger charge is 2.27. The van der Waals surface area contributed by atoms with Crippen LogP contribution in [0.2, 0.25) is 0 Å². The van der Waals surface area contributed by atoms with E-state index in [-0.39, 0.29) is 11.7 Å². The molecule has 0 aliphatic heterocycles. The van der Waals surface area contributed by atoms with Gasteiger partial charge in [-0.25, -0.2) is 4.39 Å². The smallest absolute Gasteiger partial charge is 0.229 e. The molecule has 1 atom stereocenters. The molecule has 0 aliphatic carbocycles. The molecule has 0 bridgehead atoms. The maximum absolute atomic E-state index is 13.2. The summed E-state index contributed by atoms with van der Waals surface area (Å²) in [6, 6.07) is 11.6. The van der Waals surface area contributed by atoms with Gasteiger partial charge in [-0.1, -0.05) is 18.2 Å². The van der Waals surface area contributed by atoms with E-state index >= 15 is 0 Å². The second-order valence-corrected chi connectivity index (χ2v) is 5.90. The first-order chi connectivity index (χ1) is 10.9. The minimum atomic E-state index is -0.968. The fourth-order valence-electron chi connectivity index (χ4n) is 2.23. The summed E-state index contributed by atoms with van der Waals surface area (Å²) in [5.41, 5.74) is 0.623. The second kappa shape index (κ2) is 7.01. The zero-order valence-electron chi connectivity index (χ0n) is 13.1. The van der Waals surface area contributed by atoms with Crippen LogP contribution < -0.4 is 5.32 Å². The van der Waals surface area contributed by atoms with Crippen molar-refractivity contribution in [3.05, 3.63) is 65.7 Å². The molecule has 0 saturated heterocycles. The molecule has 0 spiro atoms. The highest BCUT2D eigenvalue weighted by Crippen LogP contribution is 2.22. The van der Waals surface area contributed by atoms with E-state index in [0.717, 1.165) is 5.56 Å². The van der Waals surface area contributed by atoms with Crippen molar-refractivity contribution < 1.29 is 9.18 Å². The molecular formula is C18H18FN3O.